The van der Waals surface area contributed by atoms with Gasteiger partial charge < -0.3 is 19.9 Å². The smallest absolute Gasteiger partial charge is 0.180 e. The lowest BCUT2D eigenvalue weighted by atomic mass is 10.1. The van der Waals surface area contributed by atoms with Crippen LogP contribution in [0.4, 0.5) is 0 Å². The molecule has 6 nitrogen and oxygen atoms in total. The summed E-state index contributed by atoms with van der Waals surface area (Å²) in [5.41, 5.74) is 8.88. The Hall–Kier alpha value is -3.45. The van der Waals surface area contributed by atoms with Gasteiger partial charge in [-0.15, -0.1) is 5.10 Å². The van der Waals surface area contributed by atoms with Crippen LogP contribution in [0.1, 0.15) is 16.7 Å². The lowest BCUT2D eigenvalue weighted by Gasteiger charge is -2.13. The van der Waals surface area contributed by atoms with Gasteiger partial charge in [0, 0.05) is 11.3 Å². The Balaban J connectivity index is 1.63. The molecule has 0 heterocycles. The minimum atomic E-state index is 0.323. The lowest BCUT2D eigenvalue weighted by Crippen LogP contribution is -2.06. The first kappa shape index (κ1) is 22.2. The van der Waals surface area contributed by atoms with E-state index in [1.807, 2.05) is 60.7 Å². The summed E-state index contributed by atoms with van der Waals surface area (Å²) in [7, 11) is 3.24. The molecule has 7 heteroatoms. The SMILES string of the molecule is COc1ccc(C=NN=C(N)SCc2ccccc2)cc1COc1ccccc1OC. The zero-order chi connectivity index (χ0) is 21.9. The van der Waals surface area contributed by atoms with E-state index in [1.165, 1.54) is 17.3 Å². The molecule has 0 amide bonds. The molecule has 0 aliphatic carbocycles. The fourth-order valence-electron chi connectivity index (χ4n) is 2.80. The topological polar surface area (TPSA) is 78.4 Å². The van der Waals surface area contributed by atoms with Crippen molar-refractivity contribution in [1.82, 2.24) is 0 Å². The molecule has 160 valence electrons. The quantitative estimate of drug-likeness (QED) is 0.295. The molecule has 0 aliphatic rings. The van der Waals surface area contributed by atoms with Crippen LogP contribution in [-0.4, -0.2) is 25.6 Å². The number of nitrogens with zero attached hydrogens (tertiary/aromatic N) is 2. The molecule has 0 fully saturated rings. The number of nitrogens with two attached hydrogens (primary N) is 1. The molecule has 0 bridgehead atoms. The van der Waals surface area contributed by atoms with E-state index in [1.54, 1.807) is 20.4 Å². The van der Waals surface area contributed by atoms with Crippen molar-refractivity contribution in [2.45, 2.75) is 12.4 Å². The first-order chi connectivity index (χ1) is 15.2. The molecule has 0 saturated heterocycles. The van der Waals surface area contributed by atoms with Gasteiger partial charge in [-0.3, -0.25) is 0 Å². The summed E-state index contributed by atoms with van der Waals surface area (Å²) in [6, 6.07) is 23.3. The Labute approximate surface area is 186 Å². The maximum Gasteiger partial charge on any atom is 0.180 e. The number of ether oxygens (including phenoxy) is 3. The van der Waals surface area contributed by atoms with E-state index in [0.717, 1.165) is 22.6 Å². The van der Waals surface area contributed by atoms with Crippen LogP contribution in [-0.2, 0) is 12.4 Å². The average Bonchev–Trinajstić information content (AvgIpc) is 2.82. The minimum Gasteiger partial charge on any atom is -0.496 e. The highest BCUT2D eigenvalue weighted by Crippen LogP contribution is 2.28. The fourth-order valence-corrected chi connectivity index (χ4v) is 3.41. The predicted molar refractivity (Wildman–Crippen MR) is 127 cm³/mol. The minimum absolute atomic E-state index is 0.323. The van der Waals surface area contributed by atoms with E-state index in [-0.39, 0.29) is 0 Å². The van der Waals surface area contributed by atoms with Crippen LogP contribution in [0.5, 0.6) is 17.2 Å². The molecule has 2 N–H and O–H groups in total. The van der Waals surface area contributed by atoms with Crippen molar-refractivity contribution in [3.05, 3.63) is 89.5 Å². The molecule has 0 aliphatic heterocycles. The van der Waals surface area contributed by atoms with E-state index in [9.17, 15) is 0 Å². The third-order valence-electron chi connectivity index (χ3n) is 4.35. The average molecular weight is 436 g/mol. The van der Waals surface area contributed by atoms with Crippen molar-refractivity contribution in [3.8, 4) is 17.2 Å². The molecule has 0 spiro atoms. The van der Waals surface area contributed by atoms with Gasteiger partial charge >= 0.3 is 0 Å². The standard InChI is InChI=1S/C24H25N3O3S/c1-28-21-13-12-19(14-20(21)16-30-23-11-7-6-10-22(23)29-2)15-26-27-24(25)31-17-18-8-4-3-5-9-18/h3-15H,16-17H2,1-2H3,(H2,25,27). The summed E-state index contributed by atoms with van der Waals surface area (Å²) in [5, 5.41) is 8.59. The highest BCUT2D eigenvalue weighted by molar-refractivity contribution is 8.13. The van der Waals surface area contributed by atoms with Crippen LogP contribution in [0.2, 0.25) is 0 Å². The van der Waals surface area contributed by atoms with Crippen molar-refractivity contribution in [2.75, 3.05) is 14.2 Å². The first-order valence-corrected chi connectivity index (χ1v) is 10.6. The van der Waals surface area contributed by atoms with Crippen LogP contribution < -0.4 is 19.9 Å². The van der Waals surface area contributed by atoms with Gasteiger partial charge in [0.1, 0.15) is 12.4 Å². The van der Waals surface area contributed by atoms with Gasteiger partial charge in [0.05, 0.1) is 20.4 Å². The summed E-state index contributed by atoms with van der Waals surface area (Å²) in [6.07, 6.45) is 1.65. The van der Waals surface area contributed by atoms with Gasteiger partial charge in [0.2, 0.25) is 0 Å². The molecular weight excluding hydrogens is 410 g/mol. The van der Waals surface area contributed by atoms with Crippen molar-refractivity contribution in [2.24, 2.45) is 15.9 Å². The number of rotatable bonds is 9. The molecule has 3 aromatic rings. The van der Waals surface area contributed by atoms with E-state index in [4.69, 9.17) is 19.9 Å². The van der Waals surface area contributed by atoms with Crippen molar-refractivity contribution in [3.63, 3.8) is 0 Å². The highest BCUT2D eigenvalue weighted by Gasteiger charge is 2.08. The Morgan fingerprint density at radius 2 is 1.61 bits per heavy atom. The number of thioether (sulfide) groups is 1. The molecule has 0 saturated carbocycles. The monoisotopic (exact) mass is 435 g/mol. The summed E-state index contributed by atoms with van der Waals surface area (Å²) in [5.74, 6) is 2.82. The van der Waals surface area contributed by atoms with Crippen molar-refractivity contribution < 1.29 is 14.2 Å². The molecule has 0 aromatic heterocycles. The van der Waals surface area contributed by atoms with Gasteiger partial charge in [-0.25, -0.2) is 0 Å². The van der Waals surface area contributed by atoms with Gasteiger partial charge in [-0.1, -0.05) is 54.2 Å². The second-order valence-electron chi connectivity index (χ2n) is 6.47. The van der Waals surface area contributed by atoms with E-state index < -0.39 is 0 Å². The number of hydrogen-bond donors (Lipinski definition) is 1. The summed E-state index contributed by atoms with van der Waals surface area (Å²) >= 11 is 1.45. The molecule has 0 unspecified atom stereocenters. The van der Waals surface area contributed by atoms with Crippen molar-refractivity contribution in [1.29, 1.82) is 0 Å². The number of para-hydroxylation sites is 2. The number of hydrogen-bond acceptors (Lipinski definition) is 6. The third kappa shape index (κ3) is 6.79. The molecule has 0 radical (unpaired) electrons. The Kier molecular flexibility index (Phi) is 8.37. The third-order valence-corrected chi connectivity index (χ3v) is 5.20. The Bertz CT molecular complexity index is 1040. The van der Waals surface area contributed by atoms with Crippen LogP contribution in [0.15, 0.2) is 83.0 Å². The number of benzene rings is 3. The van der Waals surface area contributed by atoms with Crippen LogP contribution in [0.25, 0.3) is 0 Å². The maximum absolute atomic E-state index is 5.95. The normalized spacial score (nSPS) is 11.5. The lowest BCUT2D eigenvalue weighted by molar-refractivity contribution is 0.278. The molecule has 0 atom stereocenters. The second-order valence-corrected chi connectivity index (χ2v) is 7.46. The van der Waals surface area contributed by atoms with E-state index >= 15 is 0 Å². The number of amidine groups is 1. The Morgan fingerprint density at radius 3 is 2.35 bits per heavy atom. The van der Waals surface area contributed by atoms with Crippen LogP contribution in [0, 0.1) is 0 Å². The van der Waals surface area contributed by atoms with Gasteiger partial charge in [-0.05, 0) is 41.5 Å². The van der Waals surface area contributed by atoms with Gasteiger partial charge in [-0.2, -0.15) is 5.10 Å². The van der Waals surface area contributed by atoms with Gasteiger partial charge in [0.15, 0.2) is 16.7 Å². The zero-order valence-electron chi connectivity index (χ0n) is 17.5. The summed E-state index contributed by atoms with van der Waals surface area (Å²) in [6.45, 7) is 0.323. The van der Waals surface area contributed by atoms with Crippen LogP contribution in [0.3, 0.4) is 0 Å². The van der Waals surface area contributed by atoms with Gasteiger partial charge in [0.25, 0.3) is 0 Å². The molecule has 31 heavy (non-hydrogen) atoms. The zero-order valence-corrected chi connectivity index (χ0v) is 18.3. The van der Waals surface area contributed by atoms with Crippen molar-refractivity contribution >= 4 is 23.1 Å². The van der Waals surface area contributed by atoms with E-state index in [0.29, 0.717) is 23.3 Å². The molecule has 3 rings (SSSR count). The molecular formula is C24H25N3O3S. The fraction of sp³-hybridized carbons (Fsp3) is 0.167. The van der Waals surface area contributed by atoms with Crippen LogP contribution >= 0.6 is 11.8 Å². The van der Waals surface area contributed by atoms with E-state index in [2.05, 4.69) is 22.3 Å². The summed E-state index contributed by atoms with van der Waals surface area (Å²) < 4.78 is 16.7. The second kappa shape index (κ2) is 11.7. The maximum atomic E-state index is 5.95. The predicted octanol–water partition coefficient (Wildman–Crippen LogP) is 4.86. The summed E-state index contributed by atoms with van der Waals surface area (Å²) in [4.78, 5) is 0. The molecule has 3 aromatic carbocycles. The Morgan fingerprint density at radius 1 is 0.903 bits per heavy atom. The first-order valence-electron chi connectivity index (χ1n) is 9.65. The largest absolute Gasteiger partial charge is 0.496 e. The number of methoxy groups -OCH3 is 2. The highest BCUT2D eigenvalue weighted by atomic mass is 32.2.